The Balaban J connectivity index is 2.39. The van der Waals surface area contributed by atoms with Gasteiger partial charge < -0.3 is 9.47 Å². The van der Waals surface area contributed by atoms with Crippen molar-refractivity contribution in [2.75, 3.05) is 13.4 Å². The molecule has 0 saturated carbocycles. The van der Waals surface area contributed by atoms with Crippen molar-refractivity contribution in [3.63, 3.8) is 0 Å². The minimum atomic E-state index is 0.314. The van der Waals surface area contributed by atoms with Crippen molar-refractivity contribution in [2.24, 2.45) is 0 Å². The number of rotatable bonds is 1. The molecule has 0 radical (unpaired) electrons. The SMILES string of the molecule is N#CCC1=COCOC1. The number of nitriles is 1. The summed E-state index contributed by atoms with van der Waals surface area (Å²) in [6, 6.07) is 2.01. The van der Waals surface area contributed by atoms with E-state index in [1.165, 1.54) is 0 Å². The van der Waals surface area contributed by atoms with E-state index in [2.05, 4.69) is 0 Å². The summed E-state index contributed by atoms with van der Waals surface area (Å²) in [7, 11) is 0. The van der Waals surface area contributed by atoms with E-state index < -0.39 is 0 Å². The molecule has 1 aliphatic rings. The van der Waals surface area contributed by atoms with Gasteiger partial charge in [-0.3, -0.25) is 0 Å². The molecule has 3 nitrogen and oxygen atoms in total. The Morgan fingerprint density at radius 2 is 2.67 bits per heavy atom. The molecule has 0 aliphatic carbocycles. The molecule has 0 aromatic heterocycles. The number of ether oxygens (including phenoxy) is 2. The summed E-state index contributed by atoms with van der Waals surface area (Å²) in [5.74, 6) is 0. The van der Waals surface area contributed by atoms with Crippen molar-refractivity contribution in [1.82, 2.24) is 0 Å². The Morgan fingerprint density at radius 1 is 1.78 bits per heavy atom. The van der Waals surface area contributed by atoms with E-state index in [4.69, 9.17) is 14.7 Å². The van der Waals surface area contributed by atoms with E-state index in [1.807, 2.05) is 6.07 Å². The van der Waals surface area contributed by atoms with Crippen LogP contribution in [0, 0.1) is 11.3 Å². The van der Waals surface area contributed by atoms with Gasteiger partial charge in [-0.1, -0.05) is 0 Å². The van der Waals surface area contributed by atoms with Crippen molar-refractivity contribution in [3.05, 3.63) is 11.8 Å². The molecular formula is C6H7NO2. The molecule has 0 unspecified atom stereocenters. The van der Waals surface area contributed by atoms with Crippen LogP contribution in [-0.4, -0.2) is 13.4 Å². The zero-order chi connectivity index (χ0) is 6.53. The van der Waals surface area contributed by atoms with E-state index >= 15 is 0 Å². The molecule has 0 spiro atoms. The van der Waals surface area contributed by atoms with Gasteiger partial charge in [-0.25, -0.2) is 0 Å². The van der Waals surface area contributed by atoms with Gasteiger partial charge in [0, 0.05) is 5.57 Å². The van der Waals surface area contributed by atoms with Crippen LogP contribution in [0.3, 0.4) is 0 Å². The second-order valence-electron chi connectivity index (χ2n) is 1.74. The first kappa shape index (κ1) is 6.12. The Hall–Kier alpha value is -1.01. The summed E-state index contributed by atoms with van der Waals surface area (Å²) >= 11 is 0. The Kier molecular flexibility index (Phi) is 2.11. The molecule has 0 atom stereocenters. The average Bonchev–Trinajstić information content (AvgIpc) is 1.91. The van der Waals surface area contributed by atoms with Gasteiger partial charge in [-0.2, -0.15) is 5.26 Å². The first-order chi connectivity index (χ1) is 4.43. The maximum absolute atomic E-state index is 8.22. The lowest BCUT2D eigenvalue weighted by molar-refractivity contribution is -0.0212. The molecule has 1 aliphatic heterocycles. The quantitative estimate of drug-likeness (QED) is 0.520. The molecular weight excluding hydrogens is 118 g/mol. The highest BCUT2D eigenvalue weighted by molar-refractivity contribution is 5.06. The number of hydrogen-bond donors (Lipinski definition) is 0. The van der Waals surface area contributed by atoms with Crippen molar-refractivity contribution < 1.29 is 9.47 Å². The molecule has 0 fully saturated rings. The van der Waals surface area contributed by atoms with Gasteiger partial charge in [-0.15, -0.1) is 0 Å². The Labute approximate surface area is 53.5 Å². The van der Waals surface area contributed by atoms with Gasteiger partial charge in [-0.05, 0) is 0 Å². The minimum absolute atomic E-state index is 0.314. The lowest BCUT2D eigenvalue weighted by Crippen LogP contribution is -2.07. The first-order valence-electron chi connectivity index (χ1n) is 2.67. The highest BCUT2D eigenvalue weighted by Gasteiger charge is 2.01. The zero-order valence-corrected chi connectivity index (χ0v) is 4.96. The molecule has 48 valence electrons. The summed E-state index contributed by atoms with van der Waals surface area (Å²) in [5, 5.41) is 8.22. The third kappa shape index (κ3) is 1.74. The van der Waals surface area contributed by atoms with Gasteiger partial charge in [0.05, 0.1) is 25.4 Å². The second-order valence-corrected chi connectivity index (χ2v) is 1.74. The summed E-state index contributed by atoms with van der Waals surface area (Å²) in [5.41, 5.74) is 0.906. The Morgan fingerprint density at radius 3 is 3.22 bits per heavy atom. The fraction of sp³-hybridized carbons (Fsp3) is 0.500. The van der Waals surface area contributed by atoms with Crippen LogP contribution in [0.1, 0.15) is 6.42 Å². The Bertz CT molecular complexity index is 157. The summed E-state index contributed by atoms with van der Waals surface area (Å²) in [6.07, 6.45) is 1.99. The third-order valence-corrected chi connectivity index (χ3v) is 0.995. The van der Waals surface area contributed by atoms with Crippen molar-refractivity contribution >= 4 is 0 Å². The van der Waals surface area contributed by atoms with Gasteiger partial charge in [0.1, 0.15) is 0 Å². The zero-order valence-electron chi connectivity index (χ0n) is 4.96. The molecule has 0 bridgehead atoms. The van der Waals surface area contributed by atoms with E-state index in [1.54, 1.807) is 6.26 Å². The van der Waals surface area contributed by atoms with E-state index in [-0.39, 0.29) is 0 Å². The van der Waals surface area contributed by atoms with Crippen LogP contribution in [-0.2, 0) is 9.47 Å². The molecule has 3 heteroatoms. The van der Waals surface area contributed by atoms with E-state index in [9.17, 15) is 0 Å². The molecule has 0 N–H and O–H groups in total. The molecule has 0 amide bonds. The largest absolute Gasteiger partial charge is 0.475 e. The molecule has 0 saturated heterocycles. The van der Waals surface area contributed by atoms with Crippen LogP contribution in [0.4, 0.5) is 0 Å². The van der Waals surface area contributed by atoms with Gasteiger partial charge >= 0.3 is 0 Å². The maximum Gasteiger partial charge on any atom is 0.188 e. The summed E-state index contributed by atoms with van der Waals surface area (Å²) < 4.78 is 9.69. The van der Waals surface area contributed by atoms with Crippen LogP contribution < -0.4 is 0 Å². The molecule has 0 aromatic carbocycles. The lowest BCUT2D eigenvalue weighted by atomic mass is 10.2. The average molecular weight is 125 g/mol. The monoisotopic (exact) mass is 125 g/mol. The van der Waals surface area contributed by atoms with Crippen molar-refractivity contribution in [2.45, 2.75) is 6.42 Å². The fourth-order valence-electron chi connectivity index (χ4n) is 0.601. The van der Waals surface area contributed by atoms with Crippen LogP contribution in [0.15, 0.2) is 11.8 Å². The van der Waals surface area contributed by atoms with Gasteiger partial charge in [0.15, 0.2) is 6.79 Å². The fourth-order valence-corrected chi connectivity index (χ4v) is 0.601. The molecule has 1 heterocycles. The maximum atomic E-state index is 8.22. The predicted octanol–water partition coefficient (Wildman–Crippen LogP) is 0.788. The van der Waals surface area contributed by atoms with Gasteiger partial charge in [0.2, 0.25) is 0 Å². The topological polar surface area (TPSA) is 42.2 Å². The van der Waals surface area contributed by atoms with E-state index in [0.29, 0.717) is 19.8 Å². The number of nitrogens with zero attached hydrogens (tertiary/aromatic N) is 1. The normalized spacial score (nSPS) is 17.4. The van der Waals surface area contributed by atoms with Crippen LogP contribution in [0.2, 0.25) is 0 Å². The van der Waals surface area contributed by atoms with Gasteiger partial charge in [0.25, 0.3) is 0 Å². The van der Waals surface area contributed by atoms with Crippen molar-refractivity contribution in [1.29, 1.82) is 5.26 Å². The molecule has 9 heavy (non-hydrogen) atoms. The third-order valence-electron chi connectivity index (χ3n) is 0.995. The van der Waals surface area contributed by atoms with Crippen LogP contribution >= 0.6 is 0 Å². The van der Waals surface area contributed by atoms with E-state index in [0.717, 1.165) is 5.57 Å². The van der Waals surface area contributed by atoms with Crippen LogP contribution in [0.5, 0.6) is 0 Å². The summed E-state index contributed by atoms with van der Waals surface area (Å²) in [6.45, 7) is 0.850. The summed E-state index contributed by atoms with van der Waals surface area (Å²) in [4.78, 5) is 0. The second kappa shape index (κ2) is 3.10. The standard InChI is InChI=1S/C6H7NO2/c7-2-1-6-3-8-5-9-4-6/h3H,1,4-5H2. The highest BCUT2D eigenvalue weighted by atomic mass is 16.7. The predicted molar refractivity (Wildman–Crippen MR) is 30.2 cm³/mol. The van der Waals surface area contributed by atoms with Crippen molar-refractivity contribution in [3.8, 4) is 6.07 Å². The lowest BCUT2D eigenvalue weighted by Gasteiger charge is -2.10. The smallest absolute Gasteiger partial charge is 0.188 e. The first-order valence-corrected chi connectivity index (χ1v) is 2.67. The number of hydrogen-bond acceptors (Lipinski definition) is 3. The molecule has 1 rings (SSSR count). The minimum Gasteiger partial charge on any atom is -0.475 e. The highest BCUT2D eigenvalue weighted by Crippen LogP contribution is 2.05. The molecule has 0 aromatic rings. The van der Waals surface area contributed by atoms with Crippen LogP contribution in [0.25, 0.3) is 0 Å².